The fourth-order valence-corrected chi connectivity index (χ4v) is 4.07. The van der Waals surface area contributed by atoms with Crippen molar-refractivity contribution in [3.63, 3.8) is 0 Å². The lowest BCUT2D eigenvalue weighted by Crippen LogP contribution is -2.22. The van der Waals surface area contributed by atoms with E-state index in [-0.39, 0.29) is 6.04 Å². The zero-order valence-corrected chi connectivity index (χ0v) is 15.2. The summed E-state index contributed by atoms with van der Waals surface area (Å²) < 4.78 is 5.77. The average Bonchev–Trinajstić information content (AvgIpc) is 3.08. The highest BCUT2D eigenvalue weighted by Gasteiger charge is 2.17. The molecule has 0 saturated carbocycles. The van der Waals surface area contributed by atoms with Gasteiger partial charge in [-0.05, 0) is 42.5 Å². The van der Waals surface area contributed by atoms with Crippen molar-refractivity contribution >= 4 is 11.3 Å². The van der Waals surface area contributed by atoms with Gasteiger partial charge >= 0.3 is 0 Å². The SMILES string of the molecule is Cc1ncc(CNC(c2ccccc2)c2ccc3c(c2)CCCO3)s1. The molecule has 0 saturated heterocycles. The molecule has 3 aromatic rings. The van der Waals surface area contributed by atoms with E-state index in [0.717, 1.165) is 36.8 Å². The molecule has 0 spiro atoms. The third-order valence-electron chi connectivity index (χ3n) is 4.55. The number of nitrogens with zero attached hydrogens (tertiary/aromatic N) is 1. The molecule has 0 radical (unpaired) electrons. The number of fused-ring (bicyclic) bond motifs is 1. The quantitative estimate of drug-likeness (QED) is 0.727. The monoisotopic (exact) mass is 350 g/mol. The number of rotatable bonds is 5. The number of nitrogens with one attached hydrogen (secondary N) is 1. The average molecular weight is 350 g/mol. The summed E-state index contributed by atoms with van der Waals surface area (Å²) in [5, 5.41) is 4.83. The van der Waals surface area contributed by atoms with Gasteiger partial charge in [0.25, 0.3) is 0 Å². The van der Waals surface area contributed by atoms with Crippen LogP contribution in [0.5, 0.6) is 5.75 Å². The van der Waals surface area contributed by atoms with Crippen LogP contribution < -0.4 is 10.1 Å². The number of hydrogen-bond donors (Lipinski definition) is 1. The minimum absolute atomic E-state index is 0.163. The Bertz CT molecular complexity index is 844. The zero-order valence-electron chi connectivity index (χ0n) is 14.4. The van der Waals surface area contributed by atoms with Gasteiger partial charge in [0.1, 0.15) is 5.75 Å². The lowest BCUT2D eigenvalue weighted by Gasteiger charge is -2.23. The summed E-state index contributed by atoms with van der Waals surface area (Å²) in [5.74, 6) is 1.04. The third kappa shape index (κ3) is 3.75. The minimum atomic E-state index is 0.163. The van der Waals surface area contributed by atoms with Crippen molar-refractivity contribution in [2.75, 3.05) is 6.61 Å². The van der Waals surface area contributed by atoms with Gasteiger partial charge in [-0.1, -0.05) is 42.5 Å². The maximum absolute atomic E-state index is 5.77. The lowest BCUT2D eigenvalue weighted by molar-refractivity contribution is 0.288. The van der Waals surface area contributed by atoms with E-state index in [1.807, 2.05) is 13.1 Å². The zero-order chi connectivity index (χ0) is 17.1. The van der Waals surface area contributed by atoms with Gasteiger partial charge in [-0.2, -0.15) is 0 Å². The predicted molar refractivity (Wildman–Crippen MR) is 102 cm³/mol. The smallest absolute Gasteiger partial charge is 0.122 e. The first-order valence-electron chi connectivity index (χ1n) is 8.75. The summed E-state index contributed by atoms with van der Waals surface area (Å²) in [4.78, 5) is 5.62. The number of hydrogen-bond acceptors (Lipinski definition) is 4. The van der Waals surface area contributed by atoms with Crippen LogP contribution in [0.3, 0.4) is 0 Å². The minimum Gasteiger partial charge on any atom is -0.493 e. The van der Waals surface area contributed by atoms with E-state index in [1.54, 1.807) is 11.3 Å². The van der Waals surface area contributed by atoms with Crippen molar-refractivity contribution in [1.29, 1.82) is 0 Å². The van der Waals surface area contributed by atoms with Crippen LogP contribution in [-0.4, -0.2) is 11.6 Å². The summed E-state index contributed by atoms with van der Waals surface area (Å²) >= 11 is 1.75. The van der Waals surface area contributed by atoms with E-state index in [9.17, 15) is 0 Å². The van der Waals surface area contributed by atoms with E-state index in [0.29, 0.717) is 0 Å². The number of ether oxygens (including phenoxy) is 1. The molecule has 0 fully saturated rings. The van der Waals surface area contributed by atoms with Crippen molar-refractivity contribution < 1.29 is 4.74 Å². The fraction of sp³-hybridized carbons (Fsp3) is 0.286. The molecule has 0 aliphatic carbocycles. The topological polar surface area (TPSA) is 34.2 Å². The molecule has 4 heteroatoms. The molecule has 1 unspecified atom stereocenters. The van der Waals surface area contributed by atoms with E-state index < -0.39 is 0 Å². The van der Waals surface area contributed by atoms with E-state index in [2.05, 4.69) is 58.8 Å². The molecular weight excluding hydrogens is 328 g/mol. The highest BCUT2D eigenvalue weighted by molar-refractivity contribution is 7.11. The lowest BCUT2D eigenvalue weighted by atomic mass is 9.95. The van der Waals surface area contributed by atoms with Crippen molar-refractivity contribution in [3.8, 4) is 5.75 Å². The molecule has 1 N–H and O–H groups in total. The van der Waals surface area contributed by atoms with E-state index >= 15 is 0 Å². The molecule has 1 aliphatic heterocycles. The van der Waals surface area contributed by atoms with Gasteiger partial charge < -0.3 is 10.1 Å². The summed E-state index contributed by atoms with van der Waals surface area (Å²) in [5.41, 5.74) is 3.89. The maximum Gasteiger partial charge on any atom is 0.122 e. The fourth-order valence-electron chi connectivity index (χ4n) is 3.32. The molecule has 128 valence electrons. The highest BCUT2D eigenvalue weighted by atomic mass is 32.1. The first kappa shape index (κ1) is 16.3. The van der Waals surface area contributed by atoms with Gasteiger partial charge in [0.05, 0.1) is 17.7 Å². The number of thiazole rings is 1. The Kier molecular flexibility index (Phi) is 4.81. The molecule has 0 bridgehead atoms. The Hall–Kier alpha value is -2.17. The second-order valence-corrected chi connectivity index (χ2v) is 7.71. The first-order valence-corrected chi connectivity index (χ1v) is 9.56. The van der Waals surface area contributed by atoms with Gasteiger partial charge in [0, 0.05) is 17.6 Å². The standard InChI is InChI=1S/C21H22N2OS/c1-15-22-13-19(25-15)14-23-21(16-6-3-2-4-7-16)18-9-10-20-17(12-18)8-5-11-24-20/h2-4,6-7,9-10,12-13,21,23H,5,8,11,14H2,1H3. The Morgan fingerprint density at radius 2 is 2.04 bits per heavy atom. The molecule has 0 amide bonds. The highest BCUT2D eigenvalue weighted by Crippen LogP contribution is 2.30. The predicted octanol–water partition coefficient (Wildman–Crippen LogP) is 4.66. The molecule has 1 atom stereocenters. The Morgan fingerprint density at radius 1 is 1.16 bits per heavy atom. The second-order valence-electron chi connectivity index (χ2n) is 6.39. The van der Waals surface area contributed by atoms with Crippen LogP contribution in [0, 0.1) is 6.92 Å². The largest absolute Gasteiger partial charge is 0.493 e. The van der Waals surface area contributed by atoms with Crippen LogP contribution in [0.15, 0.2) is 54.7 Å². The van der Waals surface area contributed by atoms with E-state index in [1.165, 1.54) is 21.6 Å². The van der Waals surface area contributed by atoms with Gasteiger partial charge in [0.2, 0.25) is 0 Å². The Labute approximate surface area is 152 Å². The summed E-state index contributed by atoms with van der Waals surface area (Å²) in [6.07, 6.45) is 4.16. The molecular formula is C21H22N2OS. The maximum atomic E-state index is 5.77. The summed E-state index contributed by atoms with van der Waals surface area (Å²) in [7, 11) is 0. The van der Waals surface area contributed by atoms with Crippen molar-refractivity contribution in [3.05, 3.63) is 81.3 Å². The van der Waals surface area contributed by atoms with Gasteiger partial charge in [0.15, 0.2) is 0 Å². The van der Waals surface area contributed by atoms with Crippen molar-refractivity contribution in [1.82, 2.24) is 10.3 Å². The van der Waals surface area contributed by atoms with Crippen molar-refractivity contribution in [2.45, 2.75) is 32.4 Å². The van der Waals surface area contributed by atoms with Crippen LogP contribution in [0.1, 0.15) is 39.0 Å². The number of aromatic nitrogens is 1. The van der Waals surface area contributed by atoms with Crippen LogP contribution in [-0.2, 0) is 13.0 Å². The first-order chi connectivity index (χ1) is 12.3. The molecule has 4 rings (SSSR count). The molecule has 2 heterocycles. The van der Waals surface area contributed by atoms with Gasteiger partial charge in [-0.15, -0.1) is 11.3 Å². The van der Waals surface area contributed by atoms with Crippen LogP contribution >= 0.6 is 11.3 Å². The summed E-state index contributed by atoms with van der Waals surface area (Å²) in [6.45, 7) is 3.70. The molecule has 1 aromatic heterocycles. The Morgan fingerprint density at radius 3 is 2.84 bits per heavy atom. The Balaban J connectivity index is 1.63. The molecule has 2 aromatic carbocycles. The van der Waals surface area contributed by atoms with Crippen LogP contribution in [0.25, 0.3) is 0 Å². The van der Waals surface area contributed by atoms with Gasteiger partial charge in [-0.25, -0.2) is 4.98 Å². The van der Waals surface area contributed by atoms with Crippen LogP contribution in [0.4, 0.5) is 0 Å². The van der Waals surface area contributed by atoms with Crippen molar-refractivity contribution in [2.24, 2.45) is 0 Å². The van der Waals surface area contributed by atoms with E-state index in [4.69, 9.17) is 4.74 Å². The van der Waals surface area contributed by atoms with Gasteiger partial charge in [-0.3, -0.25) is 0 Å². The molecule has 1 aliphatic rings. The normalized spacial score (nSPS) is 14.6. The molecule has 3 nitrogen and oxygen atoms in total. The number of aryl methyl sites for hydroxylation is 2. The summed E-state index contributed by atoms with van der Waals surface area (Å²) in [6, 6.07) is 17.4. The second kappa shape index (κ2) is 7.38. The van der Waals surface area contributed by atoms with Crippen LogP contribution in [0.2, 0.25) is 0 Å². The third-order valence-corrected chi connectivity index (χ3v) is 5.46. The number of benzene rings is 2. The molecule has 25 heavy (non-hydrogen) atoms.